The van der Waals surface area contributed by atoms with E-state index in [1.807, 2.05) is 31.2 Å². The molecule has 7 nitrogen and oxygen atoms in total. The number of benzene rings is 3. The van der Waals surface area contributed by atoms with Crippen molar-refractivity contribution in [3.05, 3.63) is 95.1 Å². The molecule has 0 radical (unpaired) electrons. The Kier molecular flexibility index (Phi) is 8.07. The summed E-state index contributed by atoms with van der Waals surface area (Å²) in [7, 11) is -3.60. The summed E-state index contributed by atoms with van der Waals surface area (Å²) in [5.41, 5.74) is 3.04. The van der Waals surface area contributed by atoms with E-state index < -0.39 is 10.0 Å². The number of rotatable bonds is 10. The Bertz CT molecular complexity index is 1270. The van der Waals surface area contributed by atoms with Crippen LogP contribution >= 0.6 is 0 Å². The molecule has 178 valence electrons. The van der Waals surface area contributed by atoms with E-state index in [9.17, 15) is 18.0 Å². The number of ether oxygens (including phenoxy) is 1. The van der Waals surface area contributed by atoms with Crippen LogP contribution in [0.3, 0.4) is 0 Å². The van der Waals surface area contributed by atoms with Crippen LogP contribution < -0.4 is 14.4 Å². The lowest BCUT2D eigenvalue weighted by atomic mass is 10.1. The van der Waals surface area contributed by atoms with Gasteiger partial charge in [0.05, 0.1) is 25.0 Å². The highest BCUT2D eigenvalue weighted by atomic mass is 32.2. The maximum atomic E-state index is 12.4. The van der Waals surface area contributed by atoms with E-state index in [2.05, 4.69) is 5.32 Å². The smallest absolute Gasteiger partial charge is 0.251 e. The molecular weight excluding hydrogens is 452 g/mol. The van der Waals surface area contributed by atoms with Gasteiger partial charge in [0, 0.05) is 11.1 Å². The average Bonchev–Trinajstić information content (AvgIpc) is 2.81. The molecule has 0 heterocycles. The fourth-order valence-corrected chi connectivity index (χ4v) is 4.23. The summed E-state index contributed by atoms with van der Waals surface area (Å²) in [5, 5.41) is 2.81. The third-order valence-corrected chi connectivity index (χ3v) is 6.36. The van der Waals surface area contributed by atoms with Crippen LogP contribution in [-0.2, 0) is 16.6 Å². The number of nitrogens with one attached hydrogen (secondary N) is 1. The number of para-hydroxylation sites is 1. The molecular formula is C26H28N2O5S. The van der Waals surface area contributed by atoms with E-state index in [0.717, 1.165) is 17.6 Å². The standard InChI is InChI=1S/C26H28N2O5S/c1-19-7-4-5-10-25(19)33-16-15-27-26(30)22-13-11-21(12-14-22)18-28(34(3,31)32)24-9-6-8-23(17-24)20(2)29/h4-14,17H,15-16,18H2,1-3H3,(H,27,30). The molecule has 1 N–H and O–H groups in total. The molecule has 0 saturated heterocycles. The first-order valence-corrected chi connectivity index (χ1v) is 12.6. The van der Waals surface area contributed by atoms with Crippen LogP contribution in [0.15, 0.2) is 72.8 Å². The molecule has 0 spiro atoms. The van der Waals surface area contributed by atoms with Crippen LogP contribution in [0.25, 0.3) is 0 Å². The van der Waals surface area contributed by atoms with Gasteiger partial charge in [0.1, 0.15) is 12.4 Å². The first-order chi connectivity index (χ1) is 16.1. The van der Waals surface area contributed by atoms with Crippen molar-refractivity contribution in [1.29, 1.82) is 0 Å². The number of hydrogen-bond acceptors (Lipinski definition) is 5. The fraction of sp³-hybridized carbons (Fsp3) is 0.231. The average molecular weight is 481 g/mol. The molecule has 0 aromatic heterocycles. The van der Waals surface area contributed by atoms with Crippen LogP contribution in [0.4, 0.5) is 5.69 Å². The molecule has 0 saturated carbocycles. The monoisotopic (exact) mass is 480 g/mol. The van der Waals surface area contributed by atoms with Gasteiger partial charge in [-0.25, -0.2) is 8.42 Å². The van der Waals surface area contributed by atoms with Crippen molar-refractivity contribution in [2.75, 3.05) is 23.7 Å². The summed E-state index contributed by atoms with van der Waals surface area (Å²) in [6.07, 6.45) is 1.12. The minimum atomic E-state index is -3.60. The van der Waals surface area contributed by atoms with Gasteiger partial charge >= 0.3 is 0 Å². The largest absolute Gasteiger partial charge is 0.491 e. The molecule has 34 heavy (non-hydrogen) atoms. The Hall–Kier alpha value is -3.65. The van der Waals surface area contributed by atoms with Crippen molar-refractivity contribution >= 4 is 27.4 Å². The maximum Gasteiger partial charge on any atom is 0.251 e. The zero-order chi connectivity index (χ0) is 24.7. The Morgan fingerprint density at radius 2 is 1.65 bits per heavy atom. The Morgan fingerprint density at radius 1 is 0.941 bits per heavy atom. The molecule has 3 aromatic carbocycles. The SMILES string of the molecule is CC(=O)c1cccc(N(Cc2ccc(C(=O)NCCOc3ccccc3C)cc2)S(C)(=O)=O)c1. The number of hydrogen-bond donors (Lipinski definition) is 1. The molecule has 0 bridgehead atoms. The molecule has 0 fully saturated rings. The molecule has 0 aliphatic carbocycles. The Morgan fingerprint density at radius 3 is 2.29 bits per heavy atom. The normalized spacial score (nSPS) is 11.0. The molecule has 3 rings (SSSR count). The van der Waals surface area contributed by atoms with Crippen molar-refractivity contribution in [2.45, 2.75) is 20.4 Å². The predicted octanol–water partition coefficient (Wildman–Crippen LogP) is 3.97. The minimum Gasteiger partial charge on any atom is -0.491 e. The summed E-state index contributed by atoms with van der Waals surface area (Å²) in [5.74, 6) is 0.398. The number of aryl methyl sites for hydroxylation is 1. The molecule has 0 atom stereocenters. The summed E-state index contributed by atoms with van der Waals surface area (Å²) >= 11 is 0. The first-order valence-electron chi connectivity index (χ1n) is 10.8. The predicted molar refractivity (Wildman–Crippen MR) is 133 cm³/mol. The maximum absolute atomic E-state index is 12.4. The number of amides is 1. The fourth-order valence-electron chi connectivity index (χ4n) is 3.35. The number of anilines is 1. The van der Waals surface area contributed by atoms with Gasteiger partial charge in [-0.15, -0.1) is 0 Å². The van der Waals surface area contributed by atoms with E-state index in [0.29, 0.717) is 35.5 Å². The lowest BCUT2D eigenvalue weighted by Crippen LogP contribution is -2.30. The van der Waals surface area contributed by atoms with Gasteiger partial charge in [-0.2, -0.15) is 0 Å². The molecule has 0 unspecified atom stereocenters. The van der Waals surface area contributed by atoms with Gasteiger partial charge < -0.3 is 10.1 Å². The Balaban J connectivity index is 1.62. The van der Waals surface area contributed by atoms with E-state index in [1.165, 1.54) is 11.2 Å². The molecule has 0 aliphatic heterocycles. The Labute approximate surface area is 200 Å². The summed E-state index contributed by atoms with van der Waals surface area (Å²) in [4.78, 5) is 24.1. The minimum absolute atomic E-state index is 0.0758. The van der Waals surface area contributed by atoms with E-state index >= 15 is 0 Å². The second-order valence-corrected chi connectivity index (χ2v) is 9.85. The van der Waals surface area contributed by atoms with Gasteiger partial charge in [0.15, 0.2) is 5.78 Å². The zero-order valence-corrected chi connectivity index (χ0v) is 20.3. The number of carbonyl (C=O) groups is 2. The van der Waals surface area contributed by atoms with Crippen LogP contribution in [0.2, 0.25) is 0 Å². The number of ketones is 1. The highest BCUT2D eigenvalue weighted by Gasteiger charge is 2.19. The van der Waals surface area contributed by atoms with Crippen molar-refractivity contribution in [1.82, 2.24) is 5.32 Å². The molecule has 8 heteroatoms. The zero-order valence-electron chi connectivity index (χ0n) is 19.4. The van der Waals surface area contributed by atoms with Gasteiger partial charge in [-0.1, -0.05) is 42.5 Å². The highest BCUT2D eigenvalue weighted by Crippen LogP contribution is 2.22. The second-order valence-electron chi connectivity index (χ2n) is 7.94. The van der Waals surface area contributed by atoms with Crippen LogP contribution in [0.1, 0.15) is 38.8 Å². The lowest BCUT2D eigenvalue weighted by Gasteiger charge is -2.23. The molecule has 3 aromatic rings. The second kappa shape index (κ2) is 11.0. The quantitative estimate of drug-likeness (QED) is 0.350. The van der Waals surface area contributed by atoms with Crippen LogP contribution in [-0.4, -0.2) is 39.5 Å². The topological polar surface area (TPSA) is 92.8 Å². The number of nitrogens with zero attached hydrogens (tertiary/aromatic N) is 1. The molecule has 1 amide bonds. The number of carbonyl (C=O) groups excluding carboxylic acids is 2. The van der Waals surface area contributed by atoms with Crippen LogP contribution in [0, 0.1) is 6.92 Å². The van der Waals surface area contributed by atoms with Crippen LogP contribution in [0.5, 0.6) is 5.75 Å². The van der Waals surface area contributed by atoms with Crippen molar-refractivity contribution in [3.8, 4) is 5.75 Å². The van der Waals surface area contributed by atoms with Gasteiger partial charge in [-0.05, 0) is 55.3 Å². The summed E-state index contributed by atoms with van der Waals surface area (Å²) < 4.78 is 31.8. The van der Waals surface area contributed by atoms with E-state index in [1.54, 1.807) is 48.5 Å². The van der Waals surface area contributed by atoms with Crippen molar-refractivity contribution < 1.29 is 22.7 Å². The van der Waals surface area contributed by atoms with Gasteiger partial charge in [0.25, 0.3) is 5.91 Å². The molecule has 0 aliphatic rings. The lowest BCUT2D eigenvalue weighted by molar-refractivity contribution is 0.0946. The third-order valence-electron chi connectivity index (χ3n) is 5.22. The summed E-state index contributed by atoms with van der Waals surface area (Å²) in [6.45, 7) is 4.16. The number of sulfonamides is 1. The van der Waals surface area contributed by atoms with Crippen molar-refractivity contribution in [3.63, 3.8) is 0 Å². The van der Waals surface area contributed by atoms with E-state index in [4.69, 9.17) is 4.74 Å². The third kappa shape index (κ3) is 6.68. The number of Topliss-reactive ketones (excluding diaryl/α,β-unsaturated/α-hetero) is 1. The van der Waals surface area contributed by atoms with Gasteiger partial charge in [0.2, 0.25) is 10.0 Å². The highest BCUT2D eigenvalue weighted by molar-refractivity contribution is 7.92. The van der Waals surface area contributed by atoms with Crippen molar-refractivity contribution in [2.24, 2.45) is 0 Å². The summed E-state index contributed by atoms with van der Waals surface area (Å²) in [6, 6.07) is 20.9. The van der Waals surface area contributed by atoms with Gasteiger partial charge in [-0.3, -0.25) is 13.9 Å². The first kappa shape index (κ1) is 25.0. The van der Waals surface area contributed by atoms with E-state index in [-0.39, 0.29) is 18.2 Å².